The minimum atomic E-state index is -0.712. The van der Waals surface area contributed by atoms with Crippen LogP contribution < -0.4 is 5.73 Å². The third kappa shape index (κ3) is 1.78. The van der Waals surface area contributed by atoms with Crippen LogP contribution in [0, 0.1) is 0 Å². The fourth-order valence-corrected chi connectivity index (χ4v) is 0.750. The molecule has 1 aromatic carbocycles. The highest BCUT2D eigenvalue weighted by atomic mass is 16.3. The highest BCUT2D eigenvalue weighted by Crippen LogP contribution is 2.13. The molecule has 0 bridgehead atoms. The zero-order valence-electron chi connectivity index (χ0n) is 5.82. The first-order chi connectivity index (χ1) is 5.24. The second kappa shape index (κ2) is 3.16. The van der Waals surface area contributed by atoms with E-state index in [1.807, 2.05) is 0 Å². The summed E-state index contributed by atoms with van der Waals surface area (Å²) >= 11 is 0. The van der Waals surface area contributed by atoms with E-state index >= 15 is 0 Å². The number of nitrogens with two attached hydrogens (primary N) is 1. The summed E-state index contributed by atoms with van der Waals surface area (Å²) in [7, 11) is 0. The van der Waals surface area contributed by atoms with E-state index in [-0.39, 0.29) is 5.75 Å². The predicted molar refractivity (Wildman–Crippen MR) is 40.7 cm³/mol. The zero-order valence-corrected chi connectivity index (χ0v) is 5.82. The average Bonchev–Trinajstić information content (AvgIpc) is 2.05. The Morgan fingerprint density at radius 2 is 1.91 bits per heavy atom. The summed E-state index contributed by atoms with van der Waals surface area (Å²) in [5, 5.41) is 8.87. The van der Waals surface area contributed by atoms with Gasteiger partial charge in [-0.25, -0.2) is 0 Å². The molecule has 0 fully saturated rings. The maximum atomic E-state index is 10.1. The molecule has 1 unspecified atom stereocenters. The quantitative estimate of drug-likeness (QED) is 0.645. The van der Waals surface area contributed by atoms with Crippen molar-refractivity contribution in [2.75, 3.05) is 0 Å². The van der Waals surface area contributed by atoms with E-state index in [1.54, 1.807) is 18.4 Å². The van der Waals surface area contributed by atoms with Crippen molar-refractivity contribution < 1.29 is 9.90 Å². The molecule has 1 atom stereocenters. The van der Waals surface area contributed by atoms with E-state index in [0.29, 0.717) is 5.56 Å². The van der Waals surface area contributed by atoms with Crippen LogP contribution in [-0.2, 0) is 4.79 Å². The number of phenols is 1. The number of aromatic hydroxyl groups is 1. The van der Waals surface area contributed by atoms with E-state index in [9.17, 15) is 4.79 Å². The molecule has 1 rings (SSSR count). The number of carbonyl (C=O) groups excluding carboxylic acids is 1. The van der Waals surface area contributed by atoms with Gasteiger partial charge in [-0.05, 0) is 17.7 Å². The van der Waals surface area contributed by atoms with Crippen LogP contribution in [0.4, 0.5) is 0 Å². The summed E-state index contributed by atoms with van der Waals surface area (Å²) in [5.41, 5.74) is 5.99. The van der Waals surface area contributed by atoms with Crippen LogP contribution in [0.15, 0.2) is 24.3 Å². The Kier molecular flexibility index (Phi) is 2.23. The number of phenolic OH excluding ortho intramolecular Hbond substituents is 1. The highest BCUT2D eigenvalue weighted by molar-refractivity contribution is 5.61. The summed E-state index contributed by atoms with van der Waals surface area (Å²) in [6.45, 7) is 0. The third-order valence-corrected chi connectivity index (χ3v) is 1.38. The Balaban J connectivity index is 2.89. The number of rotatable bonds is 2. The van der Waals surface area contributed by atoms with Crippen molar-refractivity contribution in [2.24, 2.45) is 5.73 Å². The summed E-state index contributed by atoms with van der Waals surface area (Å²) in [6, 6.07) is 5.42. The Labute approximate surface area is 64.5 Å². The Morgan fingerprint density at radius 3 is 2.36 bits per heavy atom. The van der Waals surface area contributed by atoms with Gasteiger partial charge in [0.05, 0.1) is 6.04 Å². The van der Waals surface area contributed by atoms with E-state index in [4.69, 9.17) is 10.8 Å². The first-order valence-electron chi connectivity index (χ1n) is 3.16. The van der Waals surface area contributed by atoms with Gasteiger partial charge in [0.25, 0.3) is 0 Å². The molecule has 1 aromatic rings. The maximum Gasteiger partial charge on any atom is 0.221 e. The topological polar surface area (TPSA) is 63.3 Å². The van der Waals surface area contributed by atoms with Crippen molar-refractivity contribution in [3.05, 3.63) is 29.8 Å². The summed E-state index contributed by atoms with van der Waals surface area (Å²) < 4.78 is 0. The lowest BCUT2D eigenvalue weighted by Crippen LogP contribution is -2.10. The minimum Gasteiger partial charge on any atom is -0.508 e. The molecule has 57 valence electrons. The van der Waals surface area contributed by atoms with E-state index in [0.717, 1.165) is 0 Å². The number of hydrogen-bond acceptors (Lipinski definition) is 3. The van der Waals surface area contributed by atoms with Crippen LogP contribution in [0.1, 0.15) is 11.6 Å². The van der Waals surface area contributed by atoms with Gasteiger partial charge < -0.3 is 10.8 Å². The van der Waals surface area contributed by atoms with Crippen molar-refractivity contribution in [3.63, 3.8) is 0 Å². The molecule has 11 heavy (non-hydrogen) atoms. The molecule has 0 saturated carbocycles. The Bertz CT molecular complexity index is 243. The standard InChI is InChI=1S/C8H8NO2/c9-8(5-10)6-1-3-7(11)4-2-6/h1-4,8,11H,9H2. The smallest absolute Gasteiger partial charge is 0.221 e. The van der Waals surface area contributed by atoms with E-state index in [1.165, 1.54) is 12.1 Å². The molecule has 3 heteroatoms. The van der Waals surface area contributed by atoms with Gasteiger partial charge in [-0.1, -0.05) is 12.1 Å². The molecule has 0 aliphatic heterocycles. The van der Waals surface area contributed by atoms with Crippen LogP contribution in [0.3, 0.4) is 0 Å². The van der Waals surface area contributed by atoms with Crippen LogP contribution in [0.25, 0.3) is 0 Å². The predicted octanol–water partition coefficient (Wildman–Crippen LogP) is 0.502. The van der Waals surface area contributed by atoms with Crippen molar-refractivity contribution in [3.8, 4) is 5.75 Å². The first kappa shape index (κ1) is 7.75. The van der Waals surface area contributed by atoms with E-state index < -0.39 is 6.04 Å². The SMILES string of the molecule is NC([C]=O)c1ccc(O)cc1. The van der Waals surface area contributed by atoms with Gasteiger partial charge in [0.1, 0.15) is 5.75 Å². The number of hydrogen-bond donors (Lipinski definition) is 2. The molecular formula is C8H8NO2. The molecule has 1 radical (unpaired) electrons. The lowest BCUT2D eigenvalue weighted by atomic mass is 10.1. The fraction of sp³-hybridized carbons (Fsp3) is 0.125. The molecule has 0 aromatic heterocycles. The van der Waals surface area contributed by atoms with Gasteiger partial charge in [-0.15, -0.1) is 0 Å². The van der Waals surface area contributed by atoms with Gasteiger partial charge in [-0.3, -0.25) is 4.79 Å². The van der Waals surface area contributed by atoms with Crippen molar-refractivity contribution in [1.29, 1.82) is 0 Å². The average molecular weight is 150 g/mol. The third-order valence-electron chi connectivity index (χ3n) is 1.38. The second-order valence-corrected chi connectivity index (χ2v) is 2.19. The zero-order chi connectivity index (χ0) is 8.27. The largest absolute Gasteiger partial charge is 0.508 e. The van der Waals surface area contributed by atoms with Crippen molar-refractivity contribution >= 4 is 6.29 Å². The van der Waals surface area contributed by atoms with E-state index in [2.05, 4.69) is 0 Å². The summed E-state index contributed by atoms with van der Waals surface area (Å²) in [6.07, 6.45) is 1.65. The van der Waals surface area contributed by atoms with Crippen LogP contribution in [0.2, 0.25) is 0 Å². The molecule has 0 aliphatic carbocycles. The first-order valence-corrected chi connectivity index (χ1v) is 3.16. The van der Waals surface area contributed by atoms with Gasteiger partial charge in [0, 0.05) is 0 Å². The molecule has 3 N–H and O–H groups in total. The highest BCUT2D eigenvalue weighted by Gasteiger charge is 2.03. The van der Waals surface area contributed by atoms with Crippen LogP contribution in [0.5, 0.6) is 5.75 Å². The summed E-state index contributed by atoms with van der Waals surface area (Å²) in [4.78, 5) is 10.1. The number of benzene rings is 1. The molecular weight excluding hydrogens is 142 g/mol. The van der Waals surface area contributed by atoms with Crippen LogP contribution >= 0.6 is 0 Å². The van der Waals surface area contributed by atoms with Crippen molar-refractivity contribution in [1.82, 2.24) is 0 Å². The molecule has 3 nitrogen and oxygen atoms in total. The lowest BCUT2D eigenvalue weighted by molar-refractivity contribution is 0.475. The van der Waals surface area contributed by atoms with Crippen LogP contribution in [-0.4, -0.2) is 11.4 Å². The lowest BCUT2D eigenvalue weighted by Gasteiger charge is -2.01. The fourth-order valence-electron chi connectivity index (χ4n) is 0.750. The van der Waals surface area contributed by atoms with Gasteiger partial charge in [0.15, 0.2) is 0 Å². The Hall–Kier alpha value is -1.35. The minimum absolute atomic E-state index is 0.159. The molecule has 0 aliphatic rings. The molecule has 0 heterocycles. The molecule has 0 saturated heterocycles. The normalized spacial score (nSPS) is 12.5. The second-order valence-electron chi connectivity index (χ2n) is 2.19. The van der Waals surface area contributed by atoms with Gasteiger partial charge in [-0.2, -0.15) is 0 Å². The monoisotopic (exact) mass is 150 g/mol. The van der Waals surface area contributed by atoms with Gasteiger partial charge in [0.2, 0.25) is 6.29 Å². The Morgan fingerprint density at radius 1 is 1.36 bits per heavy atom. The molecule has 0 amide bonds. The maximum absolute atomic E-state index is 10.1. The van der Waals surface area contributed by atoms with Gasteiger partial charge >= 0.3 is 0 Å². The summed E-state index contributed by atoms with van der Waals surface area (Å²) in [5.74, 6) is 0.159. The van der Waals surface area contributed by atoms with Crippen molar-refractivity contribution in [2.45, 2.75) is 6.04 Å². The molecule has 0 spiro atoms.